The highest BCUT2D eigenvalue weighted by Gasteiger charge is 1.95. The molecule has 0 heterocycles. The van der Waals surface area contributed by atoms with Crippen LogP contribution in [0.2, 0.25) is 0 Å². The van der Waals surface area contributed by atoms with Gasteiger partial charge in [-0.3, -0.25) is 0 Å². The van der Waals surface area contributed by atoms with Crippen LogP contribution >= 0.6 is 0 Å². The normalized spacial score (nSPS) is 17.9. The molecule has 0 saturated heterocycles. The van der Waals surface area contributed by atoms with Crippen molar-refractivity contribution in [3.8, 4) is 0 Å². The molecule has 1 nitrogen and oxygen atoms in total. The third kappa shape index (κ3) is 1.12. The molecule has 0 aromatic rings. The first-order chi connectivity index (χ1) is 3.93. The summed E-state index contributed by atoms with van der Waals surface area (Å²) in [7, 11) is 1.70. The van der Waals surface area contributed by atoms with Crippen molar-refractivity contribution in [1.29, 1.82) is 0 Å². The quantitative estimate of drug-likeness (QED) is 0.497. The molecule has 0 aromatic heterocycles. The summed E-state index contributed by atoms with van der Waals surface area (Å²) < 4.78 is 4.98. The molecule has 0 atom stereocenters. The molecular weight excluding hydrogens is 100 g/mol. The molecule has 0 fully saturated rings. The topological polar surface area (TPSA) is 9.23 Å². The number of hydrogen-bond donors (Lipinski definition) is 0. The third-order valence-electron chi connectivity index (χ3n) is 1.17. The van der Waals surface area contributed by atoms with Gasteiger partial charge in [-0.1, -0.05) is 6.08 Å². The molecule has 43 valence electrons. The zero-order valence-corrected chi connectivity index (χ0v) is 4.98. The fourth-order valence-electron chi connectivity index (χ4n) is 0.684. The fraction of sp³-hybridized carbons (Fsp3) is 0.429. The van der Waals surface area contributed by atoms with E-state index in [0.717, 1.165) is 18.6 Å². The van der Waals surface area contributed by atoms with E-state index < -0.39 is 0 Å². The van der Waals surface area contributed by atoms with Crippen molar-refractivity contribution in [3.05, 3.63) is 24.0 Å². The zero-order chi connectivity index (χ0) is 5.82. The highest BCUT2D eigenvalue weighted by Crippen LogP contribution is 2.09. The van der Waals surface area contributed by atoms with Gasteiger partial charge < -0.3 is 4.74 Å². The van der Waals surface area contributed by atoms with E-state index in [1.54, 1.807) is 7.11 Å². The van der Waals surface area contributed by atoms with Crippen LogP contribution < -0.4 is 0 Å². The van der Waals surface area contributed by atoms with Crippen LogP contribution in [0.4, 0.5) is 0 Å². The van der Waals surface area contributed by atoms with Crippen molar-refractivity contribution in [2.45, 2.75) is 12.8 Å². The van der Waals surface area contributed by atoms with Crippen molar-refractivity contribution in [2.75, 3.05) is 7.11 Å². The number of methoxy groups -OCH3 is 1. The Morgan fingerprint density at radius 1 is 1.75 bits per heavy atom. The average Bonchev–Trinajstić information content (AvgIpc) is 1.90. The molecule has 1 rings (SSSR count). The molecule has 8 heavy (non-hydrogen) atoms. The van der Waals surface area contributed by atoms with Gasteiger partial charge in [0.05, 0.1) is 12.9 Å². The fourth-order valence-corrected chi connectivity index (χ4v) is 0.684. The molecular formula is C7H9O. The first kappa shape index (κ1) is 5.42. The van der Waals surface area contributed by atoms with Crippen LogP contribution in [0.1, 0.15) is 12.8 Å². The number of hydrogen-bond acceptors (Lipinski definition) is 1. The Morgan fingerprint density at radius 2 is 2.62 bits per heavy atom. The minimum Gasteiger partial charge on any atom is -0.501 e. The second kappa shape index (κ2) is 2.55. The van der Waals surface area contributed by atoms with Crippen molar-refractivity contribution in [2.24, 2.45) is 0 Å². The molecule has 0 bridgehead atoms. The van der Waals surface area contributed by atoms with Crippen LogP contribution in [0.3, 0.4) is 0 Å². The Labute approximate surface area is 49.7 Å². The number of rotatable bonds is 1. The Morgan fingerprint density at radius 3 is 3.00 bits per heavy atom. The molecule has 1 heteroatoms. The van der Waals surface area contributed by atoms with Gasteiger partial charge in [-0.25, -0.2) is 0 Å². The van der Waals surface area contributed by atoms with Gasteiger partial charge in [-0.05, 0) is 18.6 Å². The van der Waals surface area contributed by atoms with Gasteiger partial charge in [-0.15, -0.1) is 0 Å². The molecule has 0 unspecified atom stereocenters. The summed E-state index contributed by atoms with van der Waals surface area (Å²) in [5.74, 6) is 1.06. The SMILES string of the molecule is COC1=CC=[C]CC1. The van der Waals surface area contributed by atoms with Crippen molar-refractivity contribution in [1.82, 2.24) is 0 Å². The van der Waals surface area contributed by atoms with E-state index in [-0.39, 0.29) is 0 Å². The Hall–Kier alpha value is -0.720. The average molecular weight is 109 g/mol. The van der Waals surface area contributed by atoms with Crippen molar-refractivity contribution < 1.29 is 4.74 Å². The van der Waals surface area contributed by atoms with E-state index in [0.29, 0.717) is 0 Å². The van der Waals surface area contributed by atoms with E-state index in [1.807, 2.05) is 12.2 Å². The minimum atomic E-state index is 1.000. The van der Waals surface area contributed by atoms with Gasteiger partial charge in [-0.2, -0.15) is 0 Å². The van der Waals surface area contributed by atoms with Crippen LogP contribution in [0.5, 0.6) is 0 Å². The van der Waals surface area contributed by atoms with E-state index in [9.17, 15) is 0 Å². The monoisotopic (exact) mass is 109 g/mol. The lowest BCUT2D eigenvalue weighted by atomic mass is 10.2. The number of ether oxygens (including phenoxy) is 1. The molecule has 1 radical (unpaired) electrons. The van der Waals surface area contributed by atoms with Gasteiger partial charge in [0.15, 0.2) is 0 Å². The van der Waals surface area contributed by atoms with Crippen molar-refractivity contribution >= 4 is 0 Å². The smallest absolute Gasteiger partial charge is 0.0958 e. The molecule has 0 amide bonds. The second-order valence-corrected chi connectivity index (χ2v) is 1.71. The maximum Gasteiger partial charge on any atom is 0.0958 e. The summed E-state index contributed by atoms with van der Waals surface area (Å²) in [5.41, 5.74) is 0. The predicted molar refractivity (Wildman–Crippen MR) is 32.1 cm³/mol. The van der Waals surface area contributed by atoms with E-state index >= 15 is 0 Å². The van der Waals surface area contributed by atoms with Crippen LogP contribution in [0.25, 0.3) is 0 Å². The summed E-state index contributed by atoms with van der Waals surface area (Å²) in [6.07, 6.45) is 8.93. The van der Waals surface area contributed by atoms with Crippen LogP contribution in [0.15, 0.2) is 17.9 Å². The van der Waals surface area contributed by atoms with E-state index in [4.69, 9.17) is 4.74 Å². The lowest BCUT2D eigenvalue weighted by molar-refractivity contribution is 0.276. The molecule has 1 aliphatic carbocycles. The standard InChI is InChI=1S/C7H9O/c1-8-7-5-3-2-4-6-7/h3,5H,4,6H2,1H3. The summed E-state index contributed by atoms with van der Waals surface area (Å²) in [4.78, 5) is 0. The summed E-state index contributed by atoms with van der Waals surface area (Å²) in [6, 6.07) is 0. The largest absolute Gasteiger partial charge is 0.501 e. The summed E-state index contributed by atoms with van der Waals surface area (Å²) in [5, 5.41) is 0. The van der Waals surface area contributed by atoms with Crippen LogP contribution in [-0.2, 0) is 4.74 Å². The van der Waals surface area contributed by atoms with Gasteiger partial charge in [0.1, 0.15) is 0 Å². The Balaban J connectivity index is 2.50. The first-order valence-corrected chi connectivity index (χ1v) is 2.73. The lowest BCUT2D eigenvalue weighted by Crippen LogP contribution is -1.88. The maximum absolute atomic E-state index is 4.98. The molecule has 1 aliphatic rings. The Bertz CT molecular complexity index is 122. The van der Waals surface area contributed by atoms with Gasteiger partial charge in [0.25, 0.3) is 0 Å². The van der Waals surface area contributed by atoms with Gasteiger partial charge >= 0.3 is 0 Å². The highest BCUT2D eigenvalue weighted by atomic mass is 16.5. The summed E-state index contributed by atoms with van der Waals surface area (Å²) >= 11 is 0. The Kier molecular flexibility index (Phi) is 1.73. The number of allylic oxidation sites excluding steroid dienone is 4. The van der Waals surface area contributed by atoms with Gasteiger partial charge in [0.2, 0.25) is 0 Å². The molecule has 0 aromatic carbocycles. The molecule has 0 spiro atoms. The highest BCUT2D eigenvalue weighted by molar-refractivity contribution is 5.09. The van der Waals surface area contributed by atoms with Crippen LogP contribution in [-0.4, -0.2) is 7.11 Å². The molecule has 0 N–H and O–H groups in total. The lowest BCUT2D eigenvalue weighted by Gasteiger charge is -2.04. The molecule has 0 saturated carbocycles. The van der Waals surface area contributed by atoms with Crippen molar-refractivity contribution in [3.63, 3.8) is 0 Å². The maximum atomic E-state index is 4.98. The van der Waals surface area contributed by atoms with E-state index in [2.05, 4.69) is 6.08 Å². The first-order valence-electron chi connectivity index (χ1n) is 2.73. The zero-order valence-electron chi connectivity index (χ0n) is 4.98. The van der Waals surface area contributed by atoms with Gasteiger partial charge in [0, 0.05) is 6.42 Å². The summed E-state index contributed by atoms with van der Waals surface area (Å²) in [6.45, 7) is 0. The third-order valence-corrected chi connectivity index (χ3v) is 1.17. The molecule has 0 aliphatic heterocycles. The van der Waals surface area contributed by atoms with Crippen LogP contribution in [0, 0.1) is 6.08 Å². The second-order valence-electron chi connectivity index (χ2n) is 1.71. The van der Waals surface area contributed by atoms with E-state index in [1.165, 1.54) is 0 Å². The predicted octanol–water partition coefficient (Wildman–Crippen LogP) is 1.67. The minimum absolute atomic E-state index is 1.000.